The van der Waals surface area contributed by atoms with Crippen molar-refractivity contribution in [3.63, 3.8) is 0 Å². The molecule has 0 saturated carbocycles. The maximum Gasteiger partial charge on any atom is 0.261 e. The van der Waals surface area contributed by atoms with Crippen LogP contribution < -0.4 is 10.1 Å². The van der Waals surface area contributed by atoms with Gasteiger partial charge in [-0.1, -0.05) is 78.9 Å². The maximum atomic E-state index is 13.4. The molecular weight excluding hydrogens is 404 g/mol. The summed E-state index contributed by atoms with van der Waals surface area (Å²) in [7, 11) is 1.58. The summed E-state index contributed by atoms with van der Waals surface area (Å²) in [5.74, 6) is 0.0482. The van der Waals surface area contributed by atoms with Crippen molar-refractivity contribution < 1.29 is 19.1 Å². The number of methoxy groups -OCH3 is 1. The van der Waals surface area contributed by atoms with E-state index in [-0.39, 0.29) is 25.0 Å². The fourth-order valence-corrected chi connectivity index (χ4v) is 3.33. The quantitative estimate of drug-likeness (QED) is 0.470. The fourth-order valence-electron chi connectivity index (χ4n) is 3.33. The van der Waals surface area contributed by atoms with Gasteiger partial charge in [0.25, 0.3) is 5.91 Å². The lowest BCUT2D eigenvalue weighted by atomic mass is 10.0. The molecule has 1 unspecified atom stereocenters. The first-order chi connectivity index (χ1) is 15.7. The second-order valence-corrected chi connectivity index (χ2v) is 7.21. The number of amides is 2. The molecule has 0 saturated heterocycles. The van der Waals surface area contributed by atoms with Crippen LogP contribution in [0.4, 0.5) is 0 Å². The van der Waals surface area contributed by atoms with Crippen LogP contribution in [0.1, 0.15) is 17.2 Å². The van der Waals surface area contributed by atoms with E-state index in [1.807, 2.05) is 78.9 Å². The van der Waals surface area contributed by atoms with E-state index in [9.17, 15) is 9.59 Å². The van der Waals surface area contributed by atoms with Crippen LogP contribution in [0.15, 0.2) is 91.0 Å². The van der Waals surface area contributed by atoms with E-state index in [0.717, 1.165) is 11.1 Å². The first-order valence-corrected chi connectivity index (χ1v) is 10.5. The molecule has 0 aliphatic carbocycles. The lowest BCUT2D eigenvalue weighted by molar-refractivity contribution is -0.143. The van der Waals surface area contributed by atoms with Gasteiger partial charge in [-0.05, 0) is 23.3 Å². The van der Waals surface area contributed by atoms with E-state index in [0.29, 0.717) is 18.9 Å². The Labute approximate surface area is 188 Å². The Morgan fingerprint density at radius 1 is 0.875 bits per heavy atom. The largest absolute Gasteiger partial charge is 0.484 e. The van der Waals surface area contributed by atoms with Gasteiger partial charge in [0, 0.05) is 20.2 Å². The summed E-state index contributed by atoms with van der Waals surface area (Å²) in [6, 6.07) is 27.3. The fraction of sp³-hybridized carbons (Fsp3) is 0.231. The van der Waals surface area contributed by atoms with Crippen LogP contribution in [0.5, 0.6) is 5.75 Å². The summed E-state index contributed by atoms with van der Waals surface area (Å²) in [6.45, 7) is 0.837. The third-order valence-electron chi connectivity index (χ3n) is 4.90. The molecule has 0 spiro atoms. The molecule has 0 fully saturated rings. The van der Waals surface area contributed by atoms with E-state index in [1.54, 1.807) is 24.1 Å². The second-order valence-electron chi connectivity index (χ2n) is 7.21. The van der Waals surface area contributed by atoms with E-state index < -0.39 is 6.04 Å². The minimum Gasteiger partial charge on any atom is -0.484 e. The Bertz CT molecular complexity index is 965. The first-order valence-electron chi connectivity index (χ1n) is 10.5. The van der Waals surface area contributed by atoms with Crippen molar-refractivity contribution in [2.75, 3.05) is 26.9 Å². The SMILES string of the molecule is COCCNC(=O)C(c1ccccc1)N(Cc1ccccc1)C(=O)COc1ccccc1. The number of para-hydroxylation sites is 1. The van der Waals surface area contributed by atoms with E-state index in [1.165, 1.54) is 0 Å². The molecule has 3 rings (SSSR count). The van der Waals surface area contributed by atoms with Crippen molar-refractivity contribution in [2.45, 2.75) is 12.6 Å². The molecule has 6 heteroatoms. The highest BCUT2D eigenvalue weighted by Crippen LogP contribution is 2.24. The number of nitrogens with zero attached hydrogens (tertiary/aromatic N) is 1. The molecule has 0 heterocycles. The normalized spacial score (nSPS) is 11.4. The van der Waals surface area contributed by atoms with Crippen LogP contribution in [0.2, 0.25) is 0 Å². The van der Waals surface area contributed by atoms with Crippen LogP contribution in [0, 0.1) is 0 Å². The smallest absolute Gasteiger partial charge is 0.261 e. The molecule has 0 aromatic heterocycles. The molecule has 3 aromatic carbocycles. The number of carbonyl (C=O) groups excluding carboxylic acids is 2. The summed E-state index contributed by atoms with van der Waals surface area (Å²) in [6.07, 6.45) is 0. The Morgan fingerprint density at radius 3 is 2.09 bits per heavy atom. The standard InChI is InChI=1S/C26H28N2O4/c1-31-18-17-27-26(30)25(22-13-7-3-8-14-22)28(19-21-11-5-2-6-12-21)24(29)20-32-23-15-9-4-10-16-23/h2-16,25H,17-20H2,1H3,(H,27,30). The van der Waals surface area contributed by atoms with Crippen LogP contribution in [0.25, 0.3) is 0 Å². The molecule has 0 aliphatic heterocycles. The molecule has 166 valence electrons. The van der Waals surface area contributed by atoms with Gasteiger partial charge in [-0.15, -0.1) is 0 Å². The minimum absolute atomic E-state index is 0.175. The summed E-state index contributed by atoms with van der Waals surface area (Å²) in [5, 5.41) is 2.88. The van der Waals surface area contributed by atoms with Crippen molar-refractivity contribution in [3.05, 3.63) is 102 Å². The Morgan fingerprint density at radius 2 is 1.47 bits per heavy atom. The number of ether oxygens (including phenoxy) is 2. The van der Waals surface area contributed by atoms with Crippen LogP contribution in [-0.4, -0.2) is 43.6 Å². The maximum absolute atomic E-state index is 13.4. The van der Waals surface area contributed by atoms with Crippen molar-refractivity contribution in [1.82, 2.24) is 10.2 Å². The highest BCUT2D eigenvalue weighted by atomic mass is 16.5. The molecule has 6 nitrogen and oxygen atoms in total. The zero-order valence-corrected chi connectivity index (χ0v) is 18.1. The second kappa shape index (κ2) is 12.3. The Balaban J connectivity index is 1.88. The van der Waals surface area contributed by atoms with Gasteiger partial charge < -0.3 is 19.7 Å². The van der Waals surface area contributed by atoms with Crippen LogP contribution in [0.3, 0.4) is 0 Å². The average Bonchev–Trinajstić information content (AvgIpc) is 2.84. The van der Waals surface area contributed by atoms with Crippen molar-refractivity contribution in [2.24, 2.45) is 0 Å². The summed E-state index contributed by atoms with van der Waals surface area (Å²) < 4.78 is 10.8. The highest BCUT2D eigenvalue weighted by molar-refractivity contribution is 5.89. The molecular formula is C26H28N2O4. The molecule has 32 heavy (non-hydrogen) atoms. The predicted molar refractivity (Wildman–Crippen MR) is 123 cm³/mol. The number of benzene rings is 3. The Hall–Kier alpha value is -3.64. The van der Waals surface area contributed by atoms with Crippen molar-refractivity contribution >= 4 is 11.8 Å². The van der Waals surface area contributed by atoms with Gasteiger partial charge >= 0.3 is 0 Å². The van der Waals surface area contributed by atoms with Gasteiger partial charge in [0.15, 0.2) is 6.61 Å². The number of hydrogen-bond acceptors (Lipinski definition) is 4. The van der Waals surface area contributed by atoms with Crippen LogP contribution >= 0.6 is 0 Å². The van der Waals surface area contributed by atoms with E-state index in [4.69, 9.17) is 9.47 Å². The number of carbonyl (C=O) groups is 2. The third-order valence-corrected chi connectivity index (χ3v) is 4.90. The first kappa shape index (κ1) is 23.0. The number of nitrogens with one attached hydrogen (secondary N) is 1. The zero-order valence-electron chi connectivity index (χ0n) is 18.1. The monoisotopic (exact) mass is 432 g/mol. The van der Waals surface area contributed by atoms with Gasteiger partial charge in [0.1, 0.15) is 11.8 Å². The lowest BCUT2D eigenvalue weighted by Crippen LogP contribution is -2.45. The highest BCUT2D eigenvalue weighted by Gasteiger charge is 2.31. The number of hydrogen-bond donors (Lipinski definition) is 1. The number of rotatable bonds is 11. The lowest BCUT2D eigenvalue weighted by Gasteiger charge is -2.31. The molecule has 2 amide bonds. The summed E-state index contributed by atoms with van der Waals surface area (Å²) in [4.78, 5) is 28.2. The van der Waals surface area contributed by atoms with E-state index >= 15 is 0 Å². The van der Waals surface area contributed by atoms with Gasteiger partial charge in [-0.25, -0.2) is 0 Å². The molecule has 1 atom stereocenters. The zero-order chi connectivity index (χ0) is 22.6. The molecule has 0 aliphatic rings. The summed E-state index contributed by atoms with van der Waals surface area (Å²) >= 11 is 0. The molecule has 0 bridgehead atoms. The average molecular weight is 433 g/mol. The van der Waals surface area contributed by atoms with Crippen molar-refractivity contribution in [3.8, 4) is 5.75 Å². The predicted octanol–water partition coefficient (Wildman–Crippen LogP) is 3.60. The topological polar surface area (TPSA) is 67.9 Å². The Kier molecular flexibility index (Phi) is 8.83. The van der Waals surface area contributed by atoms with Gasteiger partial charge in [0.2, 0.25) is 5.91 Å². The molecule has 3 aromatic rings. The van der Waals surface area contributed by atoms with Gasteiger partial charge in [-0.2, -0.15) is 0 Å². The van der Waals surface area contributed by atoms with E-state index in [2.05, 4.69) is 5.32 Å². The summed E-state index contributed by atoms with van der Waals surface area (Å²) in [5.41, 5.74) is 1.65. The minimum atomic E-state index is -0.805. The van der Waals surface area contributed by atoms with Crippen LogP contribution in [-0.2, 0) is 20.9 Å². The molecule has 1 N–H and O–H groups in total. The molecule has 0 radical (unpaired) electrons. The van der Waals surface area contributed by atoms with Gasteiger partial charge in [-0.3, -0.25) is 9.59 Å². The van der Waals surface area contributed by atoms with Gasteiger partial charge in [0.05, 0.1) is 6.61 Å². The van der Waals surface area contributed by atoms with Crippen molar-refractivity contribution in [1.29, 1.82) is 0 Å². The third kappa shape index (κ3) is 6.68.